The Morgan fingerprint density at radius 3 is 2.57 bits per heavy atom. The van der Waals surface area contributed by atoms with Crippen molar-refractivity contribution in [2.45, 2.75) is 39.4 Å². The molecule has 1 heterocycles. The highest BCUT2D eigenvalue weighted by Gasteiger charge is 2.42. The summed E-state index contributed by atoms with van der Waals surface area (Å²) in [5, 5.41) is 9.92. The van der Waals surface area contributed by atoms with Crippen LogP contribution in [0.1, 0.15) is 27.2 Å². The molecule has 0 bridgehead atoms. The molecule has 1 fully saturated rings. The Balaban J connectivity index is 2.83. The van der Waals surface area contributed by atoms with Crippen LogP contribution in [0.4, 0.5) is 0 Å². The van der Waals surface area contributed by atoms with Crippen molar-refractivity contribution in [1.82, 2.24) is 0 Å². The average molecular weight is 198 g/mol. The number of ether oxygens (including phenoxy) is 1. The summed E-state index contributed by atoms with van der Waals surface area (Å²) in [7, 11) is 0. The second kappa shape index (κ2) is 4.13. The van der Waals surface area contributed by atoms with Gasteiger partial charge in [-0.3, -0.25) is 0 Å². The van der Waals surface area contributed by atoms with Gasteiger partial charge in [0.1, 0.15) is 6.10 Å². The first-order valence-corrected chi connectivity index (χ1v) is 5.06. The molecule has 1 rings (SSSR count). The zero-order valence-corrected chi connectivity index (χ0v) is 8.99. The van der Waals surface area contributed by atoms with E-state index in [1.165, 1.54) is 0 Å². The highest BCUT2D eigenvalue weighted by atomic mass is 16.6. The molecule has 0 aromatic heterocycles. The third kappa shape index (κ3) is 1.82. The van der Waals surface area contributed by atoms with Crippen LogP contribution in [-0.4, -0.2) is 23.3 Å². The van der Waals surface area contributed by atoms with E-state index in [2.05, 4.69) is 6.58 Å². The van der Waals surface area contributed by atoms with E-state index in [-0.39, 0.29) is 23.9 Å². The Morgan fingerprint density at radius 2 is 2.14 bits per heavy atom. The lowest BCUT2D eigenvalue weighted by Gasteiger charge is -2.24. The molecule has 0 spiro atoms. The summed E-state index contributed by atoms with van der Waals surface area (Å²) in [6, 6.07) is 0. The minimum absolute atomic E-state index is 0.111. The SMILES string of the molecule is C=C1C(=O)OC(CC)C1C(O)C(C)C. The van der Waals surface area contributed by atoms with Crippen molar-refractivity contribution in [2.75, 3.05) is 0 Å². The van der Waals surface area contributed by atoms with Gasteiger partial charge in [-0.2, -0.15) is 0 Å². The number of cyclic esters (lactones) is 1. The van der Waals surface area contributed by atoms with Crippen molar-refractivity contribution in [3.63, 3.8) is 0 Å². The maximum absolute atomic E-state index is 11.2. The van der Waals surface area contributed by atoms with Gasteiger partial charge in [0.25, 0.3) is 0 Å². The van der Waals surface area contributed by atoms with E-state index < -0.39 is 6.10 Å². The number of esters is 1. The first-order chi connectivity index (χ1) is 6.49. The molecule has 0 aliphatic carbocycles. The van der Waals surface area contributed by atoms with Gasteiger partial charge in [-0.1, -0.05) is 27.4 Å². The van der Waals surface area contributed by atoms with Crippen LogP contribution in [0, 0.1) is 11.8 Å². The molecule has 3 atom stereocenters. The minimum atomic E-state index is -0.543. The molecule has 3 heteroatoms. The van der Waals surface area contributed by atoms with Crippen molar-refractivity contribution in [3.05, 3.63) is 12.2 Å². The summed E-state index contributed by atoms with van der Waals surface area (Å²) < 4.78 is 5.11. The van der Waals surface area contributed by atoms with Gasteiger partial charge in [-0.15, -0.1) is 0 Å². The number of hydrogen-bond acceptors (Lipinski definition) is 3. The smallest absolute Gasteiger partial charge is 0.334 e. The molecule has 1 aliphatic heterocycles. The molecular weight excluding hydrogens is 180 g/mol. The number of carbonyl (C=O) groups is 1. The Morgan fingerprint density at radius 1 is 1.57 bits per heavy atom. The van der Waals surface area contributed by atoms with E-state index in [0.717, 1.165) is 6.42 Å². The molecule has 80 valence electrons. The topological polar surface area (TPSA) is 46.5 Å². The number of carbonyl (C=O) groups excluding carboxylic acids is 1. The van der Waals surface area contributed by atoms with E-state index in [9.17, 15) is 9.90 Å². The third-order valence-electron chi connectivity index (χ3n) is 2.78. The van der Waals surface area contributed by atoms with Gasteiger partial charge >= 0.3 is 5.97 Å². The molecule has 0 saturated carbocycles. The molecule has 0 aromatic rings. The number of aliphatic hydroxyl groups excluding tert-OH is 1. The predicted octanol–water partition coefficient (Wildman–Crippen LogP) is 1.51. The van der Waals surface area contributed by atoms with E-state index in [1.807, 2.05) is 20.8 Å². The van der Waals surface area contributed by atoms with Gasteiger partial charge in [-0.05, 0) is 12.3 Å². The van der Waals surface area contributed by atoms with Crippen LogP contribution < -0.4 is 0 Å². The highest BCUT2D eigenvalue weighted by molar-refractivity contribution is 5.90. The fraction of sp³-hybridized carbons (Fsp3) is 0.727. The summed E-state index contributed by atoms with van der Waals surface area (Å²) in [5.74, 6) is -0.477. The largest absolute Gasteiger partial charge is 0.458 e. The first kappa shape index (κ1) is 11.2. The van der Waals surface area contributed by atoms with Gasteiger partial charge in [0, 0.05) is 5.57 Å². The third-order valence-corrected chi connectivity index (χ3v) is 2.78. The lowest BCUT2D eigenvalue weighted by atomic mass is 9.84. The zero-order chi connectivity index (χ0) is 10.9. The summed E-state index contributed by atoms with van der Waals surface area (Å²) in [4.78, 5) is 11.2. The Hall–Kier alpha value is -0.830. The second-order valence-electron chi connectivity index (χ2n) is 4.14. The minimum Gasteiger partial charge on any atom is -0.458 e. The van der Waals surface area contributed by atoms with Gasteiger partial charge in [-0.25, -0.2) is 4.79 Å². The average Bonchev–Trinajstić information content (AvgIpc) is 2.42. The van der Waals surface area contributed by atoms with E-state index in [4.69, 9.17) is 4.74 Å². The first-order valence-electron chi connectivity index (χ1n) is 5.06. The normalized spacial score (nSPS) is 29.5. The monoisotopic (exact) mass is 198 g/mol. The molecule has 14 heavy (non-hydrogen) atoms. The van der Waals surface area contributed by atoms with Crippen molar-refractivity contribution in [3.8, 4) is 0 Å². The van der Waals surface area contributed by atoms with Crippen LogP contribution in [0.25, 0.3) is 0 Å². The van der Waals surface area contributed by atoms with E-state index in [0.29, 0.717) is 5.57 Å². The van der Waals surface area contributed by atoms with Crippen molar-refractivity contribution < 1.29 is 14.6 Å². The summed E-state index contributed by atoms with van der Waals surface area (Å²) in [5.41, 5.74) is 0.415. The van der Waals surface area contributed by atoms with Crippen molar-refractivity contribution in [1.29, 1.82) is 0 Å². The standard InChI is InChI=1S/C11H18O3/c1-5-8-9(10(12)6(2)3)7(4)11(13)14-8/h6,8-10,12H,4-5H2,1-3H3. The molecular formula is C11H18O3. The van der Waals surface area contributed by atoms with Crippen LogP contribution in [0.3, 0.4) is 0 Å². The molecule has 3 nitrogen and oxygen atoms in total. The van der Waals surface area contributed by atoms with Crippen LogP contribution in [-0.2, 0) is 9.53 Å². The number of hydrogen-bond donors (Lipinski definition) is 1. The summed E-state index contributed by atoms with van der Waals surface area (Å²) >= 11 is 0. The molecule has 3 unspecified atom stereocenters. The Kier molecular flexibility index (Phi) is 3.32. The fourth-order valence-electron chi connectivity index (χ4n) is 1.82. The number of aliphatic hydroxyl groups is 1. The Bertz CT molecular complexity index is 245. The molecule has 0 aromatic carbocycles. The van der Waals surface area contributed by atoms with Crippen LogP contribution in [0.5, 0.6) is 0 Å². The maximum Gasteiger partial charge on any atom is 0.334 e. The van der Waals surface area contributed by atoms with Gasteiger partial charge in [0.2, 0.25) is 0 Å². The Labute approximate surface area is 84.8 Å². The quantitative estimate of drug-likeness (QED) is 0.552. The molecule has 1 saturated heterocycles. The maximum atomic E-state index is 11.2. The van der Waals surface area contributed by atoms with Gasteiger partial charge in [0.05, 0.1) is 12.0 Å². The van der Waals surface area contributed by atoms with Crippen molar-refractivity contribution >= 4 is 5.97 Å². The summed E-state index contributed by atoms with van der Waals surface area (Å²) in [6.07, 6.45) is -0.0227. The molecule has 1 N–H and O–H groups in total. The van der Waals surface area contributed by atoms with E-state index in [1.54, 1.807) is 0 Å². The predicted molar refractivity (Wildman–Crippen MR) is 53.6 cm³/mol. The van der Waals surface area contributed by atoms with Crippen LogP contribution in [0.15, 0.2) is 12.2 Å². The van der Waals surface area contributed by atoms with Crippen LogP contribution in [0.2, 0.25) is 0 Å². The van der Waals surface area contributed by atoms with Crippen molar-refractivity contribution in [2.24, 2.45) is 11.8 Å². The van der Waals surface area contributed by atoms with E-state index >= 15 is 0 Å². The summed E-state index contributed by atoms with van der Waals surface area (Å²) in [6.45, 7) is 9.47. The lowest BCUT2D eigenvalue weighted by Crippen LogP contribution is -2.32. The number of rotatable bonds is 3. The lowest BCUT2D eigenvalue weighted by molar-refractivity contribution is -0.139. The van der Waals surface area contributed by atoms with Gasteiger partial charge < -0.3 is 9.84 Å². The molecule has 1 aliphatic rings. The second-order valence-corrected chi connectivity index (χ2v) is 4.14. The zero-order valence-electron chi connectivity index (χ0n) is 8.99. The molecule has 0 radical (unpaired) electrons. The molecule has 0 amide bonds. The highest BCUT2D eigenvalue weighted by Crippen LogP contribution is 2.33. The van der Waals surface area contributed by atoms with Crippen LogP contribution >= 0.6 is 0 Å². The fourth-order valence-corrected chi connectivity index (χ4v) is 1.82. The van der Waals surface area contributed by atoms with Gasteiger partial charge in [0.15, 0.2) is 0 Å².